The molecule has 0 aliphatic heterocycles. The first kappa shape index (κ1) is 18.0. The van der Waals surface area contributed by atoms with Crippen LogP contribution in [0.3, 0.4) is 0 Å². The summed E-state index contributed by atoms with van der Waals surface area (Å²) in [7, 11) is 1.60. The number of nitrogens with one attached hydrogen (secondary N) is 1. The van der Waals surface area contributed by atoms with Crippen molar-refractivity contribution in [2.45, 2.75) is 38.9 Å². The van der Waals surface area contributed by atoms with E-state index in [-0.39, 0.29) is 12.3 Å². The minimum absolute atomic E-state index is 0.123. The number of hydrogen-bond donors (Lipinski definition) is 2. The van der Waals surface area contributed by atoms with E-state index in [0.717, 1.165) is 11.3 Å². The fourth-order valence-corrected chi connectivity index (χ4v) is 1.82. The Bertz CT molecular complexity index is 489. The topological polar surface area (TPSA) is 84.9 Å². The number of carboxylic acids is 1. The Labute approximate surface area is 130 Å². The molecule has 0 saturated heterocycles. The Morgan fingerprint density at radius 3 is 2.77 bits per heavy atom. The SMILES string of the molecule is COc1cccc(COC(C)C(=O)NCCCCC(=O)O)c1. The average molecular weight is 309 g/mol. The zero-order chi connectivity index (χ0) is 16.4. The molecule has 0 fully saturated rings. The molecule has 122 valence electrons. The third kappa shape index (κ3) is 7.08. The molecule has 0 radical (unpaired) electrons. The van der Waals surface area contributed by atoms with Crippen LogP contribution in [0.4, 0.5) is 0 Å². The molecule has 1 atom stereocenters. The van der Waals surface area contributed by atoms with Gasteiger partial charge in [-0.25, -0.2) is 0 Å². The van der Waals surface area contributed by atoms with Crippen molar-refractivity contribution in [2.75, 3.05) is 13.7 Å². The molecule has 2 N–H and O–H groups in total. The second-order valence-electron chi connectivity index (χ2n) is 4.95. The first-order chi connectivity index (χ1) is 10.5. The van der Waals surface area contributed by atoms with Gasteiger partial charge in [0, 0.05) is 13.0 Å². The molecule has 1 aromatic rings. The van der Waals surface area contributed by atoms with Crippen molar-refractivity contribution in [3.05, 3.63) is 29.8 Å². The highest BCUT2D eigenvalue weighted by Gasteiger charge is 2.12. The number of carbonyl (C=O) groups is 2. The second kappa shape index (κ2) is 9.78. The van der Waals surface area contributed by atoms with Gasteiger partial charge in [0.05, 0.1) is 13.7 Å². The fraction of sp³-hybridized carbons (Fsp3) is 0.500. The number of aliphatic carboxylic acids is 1. The molecule has 1 aromatic carbocycles. The summed E-state index contributed by atoms with van der Waals surface area (Å²) in [6, 6.07) is 7.47. The van der Waals surface area contributed by atoms with Gasteiger partial charge < -0.3 is 19.9 Å². The summed E-state index contributed by atoms with van der Waals surface area (Å²) in [5.74, 6) is -0.267. The molecular weight excluding hydrogens is 286 g/mol. The van der Waals surface area contributed by atoms with Crippen LogP contribution in [0.2, 0.25) is 0 Å². The zero-order valence-corrected chi connectivity index (χ0v) is 13.0. The van der Waals surface area contributed by atoms with Gasteiger partial charge in [0.15, 0.2) is 0 Å². The summed E-state index contributed by atoms with van der Waals surface area (Å²) >= 11 is 0. The maximum atomic E-state index is 11.8. The van der Waals surface area contributed by atoms with Crippen LogP contribution in [0, 0.1) is 0 Å². The van der Waals surface area contributed by atoms with Crippen LogP contribution in [0.25, 0.3) is 0 Å². The number of carboxylic acid groups (broad SMARTS) is 1. The normalized spacial score (nSPS) is 11.7. The summed E-state index contributed by atoms with van der Waals surface area (Å²) in [4.78, 5) is 22.2. The van der Waals surface area contributed by atoms with Crippen LogP contribution >= 0.6 is 0 Å². The Balaban J connectivity index is 2.24. The predicted molar refractivity (Wildman–Crippen MR) is 81.7 cm³/mol. The molecule has 1 rings (SSSR count). The smallest absolute Gasteiger partial charge is 0.303 e. The first-order valence-electron chi connectivity index (χ1n) is 7.27. The van der Waals surface area contributed by atoms with Gasteiger partial charge in [-0.15, -0.1) is 0 Å². The largest absolute Gasteiger partial charge is 0.497 e. The van der Waals surface area contributed by atoms with Crippen molar-refractivity contribution in [3.8, 4) is 5.75 Å². The monoisotopic (exact) mass is 309 g/mol. The van der Waals surface area contributed by atoms with Gasteiger partial charge in [0.1, 0.15) is 11.9 Å². The average Bonchev–Trinajstić information content (AvgIpc) is 2.51. The van der Waals surface area contributed by atoms with E-state index in [2.05, 4.69) is 5.32 Å². The van der Waals surface area contributed by atoms with E-state index >= 15 is 0 Å². The van der Waals surface area contributed by atoms with Crippen molar-refractivity contribution in [1.29, 1.82) is 0 Å². The van der Waals surface area contributed by atoms with Crippen LogP contribution < -0.4 is 10.1 Å². The van der Waals surface area contributed by atoms with E-state index in [0.29, 0.717) is 26.0 Å². The lowest BCUT2D eigenvalue weighted by molar-refractivity contribution is -0.137. The molecule has 6 nitrogen and oxygen atoms in total. The molecule has 0 aliphatic rings. The third-order valence-corrected chi connectivity index (χ3v) is 3.12. The predicted octanol–water partition coefficient (Wildman–Crippen LogP) is 1.97. The summed E-state index contributed by atoms with van der Waals surface area (Å²) < 4.78 is 10.6. The minimum Gasteiger partial charge on any atom is -0.497 e. The van der Waals surface area contributed by atoms with Crippen LogP contribution in [0.5, 0.6) is 5.75 Å². The van der Waals surface area contributed by atoms with Crippen molar-refractivity contribution < 1.29 is 24.2 Å². The van der Waals surface area contributed by atoms with E-state index in [9.17, 15) is 9.59 Å². The summed E-state index contributed by atoms with van der Waals surface area (Å²) in [6.07, 6.45) is 0.748. The van der Waals surface area contributed by atoms with Crippen molar-refractivity contribution in [2.24, 2.45) is 0 Å². The number of rotatable bonds is 10. The van der Waals surface area contributed by atoms with E-state index in [1.807, 2.05) is 24.3 Å². The highest BCUT2D eigenvalue weighted by atomic mass is 16.5. The van der Waals surface area contributed by atoms with Crippen molar-refractivity contribution in [3.63, 3.8) is 0 Å². The molecule has 0 bridgehead atoms. The molecule has 0 saturated carbocycles. The van der Waals surface area contributed by atoms with Gasteiger partial charge in [-0.2, -0.15) is 0 Å². The molecule has 6 heteroatoms. The molecule has 0 aliphatic carbocycles. The van der Waals surface area contributed by atoms with E-state index < -0.39 is 12.1 Å². The van der Waals surface area contributed by atoms with Crippen LogP contribution in [-0.2, 0) is 20.9 Å². The Morgan fingerprint density at radius 2 is 2.09 bits per heavy atom. The van der Waals surface area contributed by atoms with Gasteiger partial charge >= 0.3 is 5.97 Å². The molecule has 0 spiro atoms. The lowest BCUT2D eigenvalue weighted by Crippen LogP contribution is -2.35. The molecule has 0 aromatic heterocycles. The van der Waals surface area contributed by atoms with Crippen LogP contribution in [0.1, 0.15) is 31.7 Å². The van der Waals surface area contributed by atoms with E-state index in [1.165, 1.54) is 0 Å². The number of carbonyl (C=O) groups excluding carboxylic acids is 1. The van der Waals surface area contributed by atoms with E-state index in [4.69, 9.17) is 14.6 Å². The molecule has 0 heterocycles. The number of unbranched alkanes of at least 4 members (excludes halogenated alkanes) is 1. The molecular formula is C16H23NO5. The Kier molecular flexibility index (Phi) is 7.99. The van der Waals surface area contributed by atoms with Gasteiger partial charge in [-0.1, -0.05) is 12.1 Å². The van der Waals surface area contributed by atoms with Crippen LogP contribution in [-0.4, -0.2) is 36.7 Å². The van der Waals surface area contributed by atoms with Gasteiger partial charge in [0.25, 0.3) is 0 Å². The number of benzene rings is 1. The summed E-state index contributed by atoms with van der Waals surface area (Å²) in [5, 5.41) is 11.2. The maximum Gasteiger partial charge on any atom is 0.303 e. The first-order valence-corrected chi connectivity index (χ1v) is 7.27. The standard InChI is InChI=1S/C16H23NO5/c1-12(16(20)17-9-4-3-8-15(18)19)22-11-13-6-5-7-14(10-13)21-2/h5-7,10,12H,3-4,8-9,11H2,1-2H3,(H,17,20)(H,18,19). The van der Waals surface area contributed by atoms with Gasteiger partial charge in [-0.3, -0.25) is 9.59 Å². The van der Waals surface area contributed by atoms with Crippen molar-refractivity contribution in [1.82, 2.24) is 5.32 Å². The zero-order valence-electron chi connectivity index (χ0n) is 13.0. The quantitative estimate of drug-likeness (QED) is 0.645. The number of hydrogen-bond acceptors (Lipinski definition) is 4. The second-order valence-corrected chi connectivity index (χ2v) is 4.95. The molecule has 1 amide bonds. The van der Waals surface area contributed by atoms with Gasteiger partial charge in [0.2, 0.25) is 5.91 Å². The lowest BCUT2D eigenvalue weighted by Gasteiger charge is -2.13. The number of ether oxygens (including phenoxy) is 2. The minimum atomic E-state index is -0.818. The summed E-state index contributed by atoms with van der Waals surface area (Å²) in [5.41, 5.74) is 0.931. The number of amides is 1. The Hall–Kier alpha value is -2.08. The lowest BCUT2D eigenvalue weighted by atomic mass is 10.2. The Morgan fingerprint density at radius 1 is 1.32 bits per heavy atom. The molecule has 1 unspecified atom stereocenters. The highest BCUT2D eigenvalue weighted by molar-refractivity contribution is 5.80. The highest BCUT2D eigenvalue weighted by Crippen LogP contribution is 2.13. The number of methoxy groups -OCH3 is 1. The fourth-order valence-electron chi connectivity index (χ4n) is 1.82. The van der Waals surface area contributed by atoms with E-state index in [1.54, 1.807) is 14.0 Å². The maximum absolute atomic E-state index is 11.8. The van der Waals surface area contributed by atoms with Crippen molar-refractivity contribution >= 4 is 11.9 Å². The van der Waals surface area contributed by atoms with Gasteiger partial charge in [-0.05, 0) is 37.5 Å². The van der Waals surface area contributed by atoms with Crippen LogP contribution in [0.15, 0.2) is 24.3 Å². The molecule has 22 heavy (non-hydrogen) atoms. The summed E-state index contributed by atoms with van der Waals surface area (Å²) in [6.45, 7) is 2.47. The third-order valence-electron chi connectivity index (χ3n) is 3.12.